The molecular weight excluding hydrogens is 238 g/mol. The highest BCUT2D eigenvalue weighted by Gasteiger charge is 2.13. The van der Waals surface area contributed by atoms with E-state index in [0.717, 1.165) is 6.54 Å². The van der Waals surface area contributed by atoms with Crippen molar-refractivity contribution in [2.24, 2.45) is 5.73 Å². The first kappa shape index (κ1) is 15.5. The summed E-state index contributed by atoms with van der Waals surface area (Å²) < 4.78 is 5.77. The second-order valence-electron chi connectivity index (χ2n) is 5.18. The average molecular weight is 263 g/mol. The third-order valence-corrected chi connectivity index (χ3v) is 3.11. The zero-order chi connectivity index (χ0) is 14.4. The number of nitrogen functional groups attached to an aromatic ring is 1. The van der Waals surface area contributed by atoms with Gasteiger partial charge in [-0.2, -0.15) is 0 Å². The number of amidine groups is 1. The number of rotatable bonds is 7. The van der Waals surface area contributed by atoms with Crippen LogP contribution in [0.25, 0.3) is 0 Å². The Morgan fingerprint density at radius 2 is 1.79 bits per heavy atom. The minimum atomic E-state index is 0.0418. The number of benzene rings is 1. The van der Waals surface area contributed by atoms with E-state index in [9.17, 15) is 0 Å². The zero-order valence-electron chi connectivity index (χ0n) is 12.3. The Hall–Kier alpha value is -1.55. The van der Waals surface area contributed by atoms with Crippen LogP contribution in [0.3, 0.4) is 0 Å². The van der Waals surface area contributed by atoms with Gasteiger partial charge < -0.3 is 10.5 Å². The van der Waals surface area contributed by atoms with E-state index in [1.165, 1.54) is 0 Å². The molecule has 106 valence electrons. The SMILES string of the molecule is CC(C)N(CCOc1ccccc1C(=N)N)C(C)C. The first-order chi connectivity index (χ1) is 8.93. The fourth-order valence-electron chi connectivity index (χ4n) is 2.19. The molecule has 0 bridgehead atoms. The molecule has 0 aliphatic rings. The van der Waals surface area contributed by atoms with Gasteiger partial charge in [0, 0.05) is 18.6 Å². The van der Waals surface area contributed by atoms with Gasteiger partial charge >= 0.3 is 0 Å². The van der Waals surface area contributed by atoms with Gasteiger partial charge in [0.15, 0.2) is 0 Å². The van der Waals surface area contributed by atoms with Crippen LogP contribution >= 0.6 is 0 Å². The molecule has 1 rings (SSSR count). The molecule has 1 aromatic carbocycles. The maximum Gasteiger partial charge on any atom is 0.130 e. The standard InChI is InChI=1S/C15H25N3O/c1-11(2)18(12(3)4)9-10-19-14-8-6-5-7-13(14)15(16)17/h5-8,11-12H,9-10H2,1-4H3,(H3,16,17). The minimum absolute atomic E-state index is 0.0418. The zero-order valence-corrected chi connectivity index (χ0v) is 12.3. The summed E-state index contributed by atoms with van der Waals surface area (Å²) in [5, 5.41) is 7.52. The number of para-hydroxylation sites is 1. The molecule has 0 atom stereocenters. The summed E-state index contributed by atoms with van der Waals surface area (Å²) in [5.74, 6) is 0.725. The van der Waals surface area contributed by atoms with Gasteiger partial charge in [-0.25, -0.2) is 0 Å². The molecule has 0 spiro atoms. The summed E-state index contributed by atoms with van der Waals surface area (Å²) in [6.07, 6.45) is 0. The number of hydrogen-bond acceptors (Lipinski definition) is 3. The van der Waals surface area contributed by atoms with Crippen LogP contribution in [-0.2, 0) is 0 Å². The molecule has 0 saturated carbocycles. The molecule has 0 amide bonds. The van der Waals surface area contributed by atoms with E-state index in [0.29, 0.717) is 30.0 Å². The van der Waals surface area contributed by atoms with Gasteiger partial charge in [0.25, 0.3) is 0 Å². The molecule has 0 heterocycles. The third kappa shape index (κ3) is 4.56. The summed E-state index contributed by atoms with van der Waals surface area (Å²) in [5.41, 5.74) is 6.19. The van der Waals surface area contributed by atoms with Crippen molar-refractivity contribution in [2.45, 2.75) is 39.8 Å². The fourth-order valence-corrected chi connectivity index (χ4v) is 2.19. The van der Waals surface area contributed by atoms with Crippen molar-refractivity contribution < 1.29 is 4.74 Å². The molecule has 0 aliphatic heterocycles. The lowest BCUT2D eigenvalue weighted by molar-refractivity contribution is 0.142. The summed E-state index contributed by atoms with van der Waals surface area (Å²) >= 11 is 0. The van der Waals surface area contributed by atoms with Crippen LogP contribution in [0.4, 0.5) is 0 Å². The Kier molecular flexibility index (Phi) is 5.83. The first-order valence-corrected chi connectivity index (χ1v) is 6.75. The number of ether oxygens (including phenoxy) is 1. The molecule has 0 aromatic heterocycles. The molecule has 0 saturated heterocycles. The normalized spacial score (nSPS) is 11.3. The van der Waals surface area contributed by atoms with Crippen molar-refractivity contribution in [3.8, 4) is 5.75 Å². The van der Waals surface area contributed by atoms with Crippen molar-refractivity contribution in [3.05, 3.63) is 29.8 Å². The lowest BCUT2D eigenvalue weighted by Gasteiger charge is -2.30. The Bertz CT molecular complexity index is 408. The lowest BCUT2D eigenvalue weighted by atomic mass is 10.2. The van der Waals surface area contributed by atoms with Gasteiger partial charge in [0.2, 0.25) is 0 Å². The Morgan fingerprint density at radius 1 is 1.21 bits per heavy atom. The molecule has 3 N–H and O–H groups in total. The van der Waals surface area contributed by atoms with Crippen LogP contribution in [0.2, 0.25) is 0 Å². The van der Waals surface area contributed by atoms with Crippen LogP contribution in [0.15, 0.2) is 24.3 Å². The van der Waals surface area contributed by atoms with Gasteiger partial charge in [-0.1, -0.05) is 12.1 Å². The molecule has 0 fully saturated rings. The second kappa shape index (κ2) is 7.14. The molecule has 0 aliphatic carbocycles. The number of nitrogens with one attached hydrogen (secondary N) is 1. The van der Waals surface area contributed by atoms with E-state index in [-0.39, 0.29) is 5.84 Å². The van der Waals surface area contributed by atoms with Gasteiger partial charge in [0.1, 0.15) is 18.2 Å². The Morgan fingerprint density at radius 3 is 2.32 bits per heavy atom. The largest absolute Gasteiger partial charge is 0.491 e. The predicted molar refractivity (Wildman–Crippen MR) is 79.9 cm³/mol. The van der Waals surface area contributed by atoms with Crippen molar-refractivity contribution in [1.82, 2.24) is 4.90 Å². The molecule has 1 aromatic rings. The Balaban J connectivity index is 2.60. The van der Waals surface area contributed by atoms with Gasteiger partial charge in [-0.15, -0.1) is 0 Å². The van der Waals surface area contributed by atoms with E-state index in [2.05, 4.69) is 32.6 Å². The average Bonchev–Trinajstić information content (AvgIpc) is 2.33. The topological polar surface area (TPSA) is 62.3 Å². The minimum Gasteiger partial charge on any atom is -0.491 e. The highest BCUT2D eigenvalue weighted by Crippen LogP contribution is 2.17. The van der Waals surface area contributed by atoms with Crippen LogP contribution in [0.5, 0.6) is 5.75 Å². The molecule has 4 nitrogen and oxygen atoms in total. The van der Waals surface area contributed by atoms with Crippen molar-refractivity contribution in [2.75, 3.05) is 13.2 Å². The molecule has 19 heavy (non-hydrogen) atoms. The van der Waals surface area contributed by atoms with Gasteiger partial charge in [-0.05, 0) is 39.8 Å². The highest BCUT2D eigenvalue weighted by molar-refractivity contribution is 5.97. The van der Waals surface area contributed by atoms with E-state index in [4.69, 9.17) is 15.9 Å². The van der Waals surface area contributed by atoms with Gasteiger partial charge in [-0.3, -0.25) is 10.3 Å². The van der Waals surface area contributed by atoms with E-state index in [1.54, 1.807) is 6.07 Å². The number of nitrogens with zero attached hydrogens (tertiary/aromatic N) is 1. The van der Waals surface area contributed by atoms with Crippen molar-refractivity contribution >= 4 is 5.84 Å². The first-order valence-electron chi connectivity index (χ1n) is 6.75. The smallest absolute Gasteiger partial charge is 0.130 e. The molecule has 4 heteroatoms. The predicted octanol–water partition coefficient (Wildman–Crippen LogP) is 2.47. The number of hydrogen-bond donors (Lipinski definition) is 2. The van der Waals surface area contributed by atoms with Crippen LogP contribution in [0, 0.1) is 5.41 Å². The van der Waals surface area contributed by atoms with Crippen molar-refractivity contribution in [3.63, 3.8) is 0 Å². The summed E-state index contributed by atoms with van der Waals surface area (Å²) in [7, 11) is 0. The second-order valence-corrected chi connectivity index (χ2v) is 5.18. The van der Waals surface area contributed by atoms with Crippen molar-refractivity contribution in [1.29, 1.82) is 5.41 Å². The molecule has 0 radical (unpaired) electrons. The molecule has 0 unspecified atom stereocenters. The molecular formula is C15H25N3O. The Labute approximate surface area is 116 Å². The maximum absolute atomic E-state index is 7.52. The quantitative estimate of drug-likeness (QED) is 0.587. The summed E-state index contributed by atoms with van der Waals surface area (Å²) in [6.45, 7) is 10.2. The van der Waals surface area contributed by atoms with Gasteiger partial charge in [0.05, 0.1) is 5.56 Å². The highest BCUT2D eigenvalue weighted by atomic mass is 16.5. The van der Waals surface area contributed by atoms with Crippen LogP contribution in [0.1, 0.15) is 33.3 Å². The summed E-state index contributed by atoms with van der Waals surface area (Å²) in [4.78, 5) is 2.37. The van der Waals surface area contributed by atoms with E-state index in [1.807, 2.05) is 18.2 Å². The fraction of sp³-hybridized carbons (Fsp3) is 0.533. The summed E-state index contributed by atoms with van der Waals surface area (Å²) in [6, 6.07) is 8.40. The lowest BCUT2D eigenvalue weighted by Crippen LogP contribution is -2.39. The van der Waals surface area contributed by atoms with Crippen LogP contribution < -0.4 is 10.5 Å². The third-order valence-electron chi connectivity index (χ3n) is 3.11. The maximum atomic E-state index is 7.52. The van der Waals surface area contributed by atoms with E-state index < -0.39 is 0 Å². The number of nitrogens with two attached hydrogens (primary N) is 1. The van der Waals surface area contributed by atoms with E-state index >= 15 is 0 Å². The van der Waals surface area contributed by atoms with Crippen LogP contribution in [-0.4, -0.2) is 36.0 Å². The monoisotopic (exact) mass is 263 g/mol.